The number of nitrogens with one attached hydrogen (secondary N) is 1. The van der Waals surface area contributed by atoms with Crippen molar-refractivity contribution >= 4 is 16.9 Å². The van der Waals surface area contributed by atoms with Crippen LogP contribution in [0.2, 0.25) is 0 Å². The summed E-state index contributed by atoms with van der Waals surface area (Å²) < 4.78 is 0. The van der Waals surface area contributed by atoms with E-state index in [4.69, 9.17) is 4.99 Å². The van der Waals surface area contributed by atoms with E-state index in [1.165, 1.54) is 43.0 Å². The Kier molecular flexibility index (Phi) is 3.83. The summed E-state index contributed by atoms with van der Waals surface area (Å²) in [4.78, 5) is 4.82. The zero-order valence-corrected chi connectivity index (χ0v) is 11.6. The molecule has 1 heterocycles. The number of hydrogen-bond acceptors (Lipinski definition) is 2. The minimum Gasteiger partial charge on any atom is -0.359 e. The molecule has 16 heavy (non-hydrogen) atoms. The first-order chi connectivity index (χ1) is 7.67. The van der Waals surface area contributed by atoms with Crippen LogP contribution in [0.4, 0.5) is 0 Å². The molecule has 2 nitrogen and oxygen atoms in total. The predicted octanol–water partition coefficient (Wildman–Crippen LogP) is 3.43. The first kappa shape index (κ1) is 12.3. The van der Waals surface area contributed by atoms with Crippen molar-refractivity contribution in [1.82, 2.24) is 5.32 Å². The summed E-state index contributed by atoms with van der Waals surface area (Å²) in [6.45, 7) is 6.80. The van der Waals surface area contributed by atoms with Crippen molar-refractivity contribution in [2.24, 2.45) is 10.9 Å². The van der Waals surface area contributed by atoms with E-state index in [2.05, 4.69) is 26.1 Å². The monoisotopic (exact) mass is 240 g/mol. The number of nitrogens with zero attached hydrogens (tertiary/aromatic N) is 1. The molecule has 1 N–H and O–H groups in total. The van der Waals surface area contributed by atoms with E-state index in [1.807, 2.05) is 11.8 Å². The first-order valence-corrected chi connectivity index (χ1v) is 7.65. The maximum Gasteiger partial charge on any atom is 0.157 e. The fourth-order valence-corrected chi connectivity index (χ4v) is 3.73. The lowest BCUT2D eigenvalue weighted by atomic mass is 9.96. The standard InChI is InChI=1S/C13H24N2S/c1-4-13(5-2)9-16-12(15-13)14-10(3)8-11-6-7-11/h10-11H,4-9H2,1-3H3,(H,14,15). The Morgan fingerprint density at radius 1 is 1.44 bits per heavy atom. The summed E-state index contributed by atoms with van der Waals surface area (Å²) in [6, 6.07) is 0.506. The topological polar surface area (TPSA) is 24.4 Å². The third-order valence-corrected chi connectivity index (χ3v) is 5.10. The number of thioether (sulfide) groups is 1. The van der Waals surface area contributed by atoms with Gasteiger partial charge in [0, 0.05) is 11.3 Å². The van der Waals surface area contributed by atoms with Gasteiger partial charge in [-0.3, -0.25) is 4.99 Å². The van der Waals surface area contributed by atoms with Gasteiger partial charge in [0.1, 0.15) is 0 Å². The fraction of sp³-hybridized carbons (Fsp3) is 0.923. The van der Waals surface area contributed by atoms with Gasteiger partial charge in [-0.25, -0.2) is 0 Å². The highest BCUT2D eigenvalue weighted by atomic mass is 32.2. The van der Waals surface area contributed by atoms with Gasteiger partial charge >= 0.3 is 0 Å². The zero-order valence-electron chi connectivity index (χ0n) is 10.8. The van der Waals surface area contributed by atoms with Gasteiger partial charge in [-0.15, -0.1) is 0 Å². The molecule has 92 valence electrons. The Morgan fingerprint density at radius 2 is 2.12 bits per heavy atom. The van der Waals surface area contributed by atoms with Gasteiger partial charge in [0.05, 0.1) is 6.04 Å². The zero-order chi connectivity index (χ0) is 11.6. The van der Waals surface area contributed by atoms with Crippen LogP contribution in [0, 0.1) is 5.92 Å². The van der Waals surface area contributed by atoms with Gasteiger partial charge in [-0.05, 0) is 32.1 Å². The molecule has 2 rings (SSSR count). The number of rotatable bonds is 5. The van der Waals surface area contributed by atoms with E-state index < -0.39 is 0 Å². The molecule has 1 aliphatic carbocycles. The molecular weight excluding hydrogens is 216 g/mol. The first-order valence-electron chi connectivity index (χ1n) is 6.66. The molecule has 1 saturated heterocycles. The lowest BCUT2D eigenvalue weighted by Gasteiger charge is -2.25. The van der Waals surface area contributed by atoms with Gasteiger partial charge in [0.15, 0.2) is 5.17 Å². The Hall–Kier alpha value is -0.180. The third kappa shape index (κ3) is 2.93. The summed E-state index contributed by atoms with van der Waals surface area (Å²) in [5.41, 5.74) is 0.322. The van der Waals surface area contributed by atoms with Gasteiger partial charge < -0.3 is 5.32 Å². The molecule has 1 unspecified atom stereocenters. The summed E-state index contributed by atoms with van der Waals surface area (Å²) in [6.07, 6.45) is 6.56. The van der Waals surface area contributed by atoms with Crippen LogP contribution in [0.1, 0.15) is 52.9 Å². The van der Waals surface area contributed by atoms with Crippen molar-refractivity contribution in [3.05, 3.63) is 0 Å². The van der Waals surface area contributed by atoms with Crippen LogP contribution in [0.5, 0.6) is 0 Å². The van der Waals surface area contributed by atoms with Gasteiger partial charge in [0.2, 0.25) is 0 Å². The van der Waals surface area contributed by atoms with E-state index in [-0.39, 0.29) is 0 Å². The highest BCUT2D eigenvalue weighted by Crippen LogP contribution is 2.35. The molecule has 0 bridgehead atoms. The molecule has 0 aromatic carbocycles. The highest BCUT2D eigenvalue weighted by molar-refractivity contribution is 8.14. The highest BCUT2D eigenvalue weighted by Gasteiger charge is 2.34. The number of aliphatic imine (C=N–C) groups is 1. The average molecular weight is 240 g/mol. The van der Waals surface area contributed by atoms with Crippen LogP contribution in [0.15, 0.2) is 4.99 Å². The number of hydrogen-bond donors (Lipinski definition) is 1. The smallest absolute Gasteiger partial charge is 0.157 e. The maximum atomic E-state index is 4.82. The van der Waals surface area contributed by atoms with E-state index in [9.17, 15) is 0 Å². The van der Waals surface area contributed by atoms with E-state index >= 15 is 0 Å². The lowest BCUT2D eigenvalue weighted by molar-refractivity contribution is 0.407. The quantitative estimate of drug-likeness (QED) is 0.796. The molecule has 0 amide bonds. The van der Waals surface area contributed by atoms with Crippen molar-refractivity contribution in [1.29, 1.82) is 0 Å². The van der Waals surface area contributed by atoms with Gasteiger partial charge in [-0.1, -0.05) is 38.5 Å². The predicted molar refractivity (Wildman–Crippen MR) is 73.1 cm³/mol. The second-order valence-electron chi connectivity index (χ2n) is 5.36. The van der Waals surface area contributed by atoms with Gasteiger partial charge in [-0.2, -0.15) is 0 Å². The van der Waals surface area contributed by atoms with Crippen molar-refractivity contribution in [3.63, 3.8) is 0 Å². The third-order valence-electron chi connectivity index (χ3n) is 3.92. The van der Waals surface area contributed by atoms with Gasteiger partial charge in [0.25, 0.3) is 0 Å². The average Bonchev–Trinajstić information content (AvgIpc) is 2.98. The molecular formula is C13H24N2S. The molecule has 0 aromatic heterocycles. The number of amidine groups is 1. The molecule has 3 heteroatoms. The molecule has 0 aromatic rings. The maximum absolute atomic E-state index is 4.82. The molecule has 2 aliphatic rings. The minimum absolute atomic E-state index is 0.322. The molecule has 0 radical (unpaired) electrons. The molecule has 1 atom stereocenters. The summed E-state index contributed by atoms with van der Waals surface area (Å²) in [5.74, 6) is 2.17. The summed E-state index contributed by atoms with van der Waals surface area (Å²) in [5, 5.41) is 4.83. The minimum atomic E-state index is 0.322. The van der Waals surface area contributed by atoms with Crippen LogP contribution >= 0.6 is 11.8 Å². The SMILES string of the molecule is CCC1(CC)CSC(=NC(C)CC2CC2)N1. The van der Waals surface area contributed by atoms with E-state index in [1.54, 1.807) is 0 Å². The lowest BCUT2D eigenvalue weighted by Crippen LogP contribution is -2.42. The second-order valence-corrected chi connectivity index (χ2v) is 6.33. The Balaban J connectivity index is 1.88. The second kappa shape index (κ2) is 4.99. The Labute approximate surface area is 104 Å². The van der Waals surface area contributed by atoms with Crippen LogP contribution < -0.4 is 5.32 Å². The van der Waals surface area contributed by atoms with Crippen LogP contribution in [-0.2, 0) is 0 Å². The molecule has 1 aliphatic heterocycles. The van der Waals surface area contributed by atoms with Crippen molar-refractivity contribution in [3.8, 4) is 0 Å². The van der Waals surface area contributed by atoms with E-state index in [0.717, 1.165) is 5.92 Å². The Morgan fingerprint density at radius 3 is 2.62 bits per heavy atom. The molecule has 1 saturated carbocycles. The molecule has 2 fully saturated rings. The van der Waals surface area contributed by atoms with E-state index in [0.29, 0.717) is 11.6 Å². The molecule has 0 spiro atoms. The Bertz CT molecular complexity index is 267. The normalized spacial score (nSPS) is 28.1. The summed E-state index contributed by atoms with van der Waals surface area (Å²) >= 11 is 1.91. The van der Waals surface area contributed by atoms with Crippen molar-refractivity contribution in [2.45, 2.75) is 64.5 Å². The largest absolute Gasteiger partial charge is 0.359 e. The van der Waals surface area contributed by atoms with Crippen LogP contribution in [0.3, 0.4) is 0 Å². The fourth-order valence-electron chi connectivity index (χ4n) is 2.29. The van der Waals surface area contributed by atoms with Crippen molar-refractivity contribution < 1.29 is 0 Å². The van der Waals surface area contributed by atoms with Crippen molar-refractivity contribution in [2.75, 3.05) is 5.75 Å². The van der Waals surface area contributed by atoms with Crippen LogP contribution in [0.25, 0.3) is 0 Å². The summed E-state index contributed by atoms with van der Waals surface area (Å²) in [7, 11) is 0. The van der Waals surface area contributed by atoms with Crippen LogP contribution in [-0.4, -0.2) is 22.5 Å².